The van der Waals surface area contributed by atoms with Gasteiger partial charge in [0.05, 0.1) is 23.1 Å². The number of nitrogens with two attached hydrogens (primary N) is 1. The molecule has 2 rings (SSSR count). The molecule has 0 spiro atoms. The lowest BCUT2D eigenvalue weighted by Crippen LogP contribution is -2.14. The standard InChI is InChI=1S/C13H14ClN3O/c1-2-3-12-11(13(15)18)8-16-17(12)10-6-4-9(14)5-7-10/h4-8H,2-3H2,1H3,(H2,15,18). The Kier molecular flexibility index (Phi) is 3.67. The van der Waals surface area contributed by atoms with Crippen molar-refractivity contribution in [3.05, 3.63) is 46.7 Å². The zero-order valence-corrected chi connectivity index (χ0v) is 10.8. The summed E-state index contributed by atoms with van der Waals surface area (Å²) < 4.78 is 1.74. The summed E-state index contributed by atoms with van der Waals surface area (Å²) in [6.45, 7) is 2.05. The molecule has 1 aromatic heterocycles. The summed E-state index contributed by atoms with van der Waals surface area (Å²) in [5, 5.41) is 4.89. The summed E-state index contributed by atoms with van der Waals surface area (Å²) in [5.41, 5.74) is 7.54. The third kappa shape index (κ3) is 2.38. The van der Waals surface area contributed by atoms with Crippen LogP contribution in [0.1, 0.15) is 29.4 Å². The molecule has 2 N–H and O–H groups in total. The van der Waals surface area contributed by atoms with Crippen LogP contribution in [0.3, 0.4) is 0 Å². The van der Waals surface area contributed by atoms with Crippen molar-refractivity contribution in [3.63, 3.8) is 0 Å². The average Bonchev–Trinajstić information content (AvgIpc) is 2.74. The van der Waals surface area contributed by atoms with Crippen LogP contribution in [0, 0.1) is 0 Å². The van der Waals surface area contributed by atoms with Crippen LogP contribution in [-0.4, -0.2) is 15.7 Å². The van der Waals surface area contributed by atoms with Crippen molar-refractivity contribution in [2.24, 2.45) is 5.73 Å². The second kappa shape index (κ2) is 5.23. The molecule has 0 bridgehead atoms. The molecule has 0 aliphatic carbocycles. The Morgan fingerprint density at radius 1 is 1.39 bits per heavy atom. The first kappa shape index (κ1) is 12.6. The third-order valence-corrected chi connectivity index (χ3v) is 2.94. The van der Waals surface area contributed by atoms with Crippen LogP contribution < -0.4 is 5.73 Å². The molecular formula is C13H14ClN3O. The van der Waals surface area contributed by atoms with Crippen molar-refractivity contribution in [3.8, 4) is 5.69 Å². The lowest BCUT2D eigenvalue weighted by molar-refractivity contribution is 0.0999. The third-order valence-electron chi connectivity index (χ3n) is 2.69. The largest absolute Gasteiger partial charge is 0.365 e. The zero-order chi connectivity index (χ0) is 13.1. The van der Waals surface area contributed by atoms with Gasteiger partial charge in [-0.05, 0) is 30.7 Å². The Labute approximate surface area is 110 Å². The van der Waals surface area contributed by atoms with Gasteiger partial charge >= 0.3 is 0 Å². The number of rotatable bonds is 4. The predicted octanol–water partition coefficient (Wildman–Crippen LogP) is 2.58. The Morgan fingerprint density at radius 3 is 2.61 bits per heavy atom. The lowest BCUT2D eigenvalue weighted by atomic mass is 10.1. The summed E-state index contributed by atoms with van der Waals surface area (Å²) in [7, 11) is 0. The van der Waals surface area contributed by atoms with E-state index in [0.29, 0.717) is 10.6 Å². The van der Waals surface area contributed by atoms with E-state index in [9.17, 15) is 4.79 Å². The number of aromatic nitrogens is 2. The van der Waals surface area contributed by atoms with E-state index in [4.69, 9.17) is 17.3 Å². The topological polar surface area (TPSA) is 60.9 Å². The molecule has 0 saturated carbocycles. The fourth-order valence-electron chi connectivity index (χ4n) is 1.86. The van der Waals surface area contributed by atoms with Gasteiger partial charge in [0.15, 0.2) is 0 Å². The van der Waals surface area contributed by atoms with E-state index in [1.54, 1.807) is 16.8 Å². The first-order chi connectivity index (χ1) is 8.63. The van der Waals surface area contributed by atoms with E-state index < -0.39 is 5.91 Å². The van der Waals surface area contributed by atoms with Crippen LogP contribution in [0.2, 0.25) is 5.02 Å². The Balaban J connectivity index is 2.50. The van der Waals surface area contributed by atoms with Gasteiger partial charge in [0.25, 0.3) is 5.91 Å². The quantitative estimate of drug-likeness (QED) is 0.922. The number of halogens is 1. The van der Waals surface area contributed by atoms with E-state index in [1.807, 2.05) is 19.1 Å². The summed E-state index contributed by atoms with van der Waals surface area (Å²) in [6, 6.07) is 7.30. The minimum absolute atomic E-state index is 0.446. The van der Waals surface area contributed by atoms with Gasteiger partial charge in [0, 0.05) is 5.02 Å². The van der Waals surface area contributed by atoms with E-state index in [0.717, 1.165) is 24.2 Å². The molecular weight excluding hydrogens is 250 g/mol. The molecule has 4 nitrogen and oxygen atoms in total. The van der Waals surface area contributed by atoms with Gasteiger partial charge in [-0.3, -0.25) is 4.79 Å². The average molecular weight is 264 g/mol. The van der Waals surface area contributed by atoms with Crippen LogP contribution in [-0.2, 0) is 6.42 Å². The molecule has 1 heterocycles. The highest BCUT2D eigenvalue weighted by molar-refractivity contribution is 6.30. The van der Waals surface area contributed by atoms with Crippen LogP contribution in [0.15, 0.2) is 30.5 Å². The number of nitrogens with zero attached hydrogens (tertiary/aromatic N) is 2. The molecule has 1 aromatic carbocycles. The second-order valence-electron chi connectivity index (χ2n) is 4.01. The molecule has 0 aliphatic heterocycles. The normalized spacial score (nSPS) is 10.6. The minimum Gasteiger partial charge on any atom is -0.365 e. The summed E-state index contributed by atoms with van der Waals surface area (Å²) >= 11 is 5.85. The van der Waals surface area contributed by atoms with Crippen molar-refractivity contribution >= 4 is 17.5 Å². The maximum atomic E-state index is 11.3. The van der Waals surface area contributed by atoms with Gasteiger partial charge in [0.2, 0.25) is 0 Å². The van der Waals surface area contributed by atoms with Crippen LogP contribution >= 0.6 is 11.6 Å². The van der Waals surface area contributed by atoms with Crippen LogP contribution in [0.4, 0.5) is 0 Å². The van der Waals surface area contributed by atoms with Gasteiger partial charge in [-0.25, -0.2) is 4.68 Å². The molecule has 0 atom stereocenters. The van der Waals surface area contributed by atoms with E-state index in [2.05, 4.69) is 5.10 Å². The fraction of sp³-hybridized carbons (Fsp3) is 0.231. The van der Waals surface area contributed by atoms with Crippen molar-refractivity contribution < 1.29 is 4.79 Å². The summed E-state index contributed by atoms with van der Waals surface area (Å²) in [5.74, 6) is -0.446. The van der Waals surface area contributed by atoms with Gasteiger partial charge in [-0.2, -0.15) is 5.10 Å². The van der Waals surface area contributed by atoms with Gasteiger partial charge < -0.3 is 5.73 Å². The number of amides is 1. The SMILES string of the molecule is CCCc1c(C(N)=O)cnn1-c1ccc(Cl)cc1. The number of carbonyl (C=O) groups excluding carboxylic acids is 1. The molecule has 94 valence electrons. The Bertz CT molecular complexity index is 560. The summed E-state index contributed by atoms with van der Waals surface area (Å²) in [6.07, 6.45) is 3.18. The highest BCUT2D eigenvalue weighted by Crippen LogP contribution is 2.18. The molecule has 5 heteroatoms. The Morgan fingerprint density at radius 2 is 2.06 bits per heavy atom. The zero-order valence-electron chi connectivity index (χ0n) is 10.1. The molecule has 0 saturated heterocycles. The molecule has 0 aliphatic rings. The number of primary amides is 1. The number of hydrogen-bond acceptors (Lipinski definition) is 2. The van der Waals surface area contributed by atoms with Crippen LogP contribution in [0.25, 0.3) is 5.69 Å². The first-order valence-electron chi connectivity index (χ1n) is 5.76. The molecule has 0 radical (unpaired) electrons. The monoisotopic (exact) mass is 263 g/mol. The van der Waals surface area contributed by atoms with E-state index in [-0.39, 0.29) is 0 Å². The van der Waals surface area contributed by atoms with Crippen molar-refractivity contribution in [1.29, 1.82) is 0 Å². The summed E-state index contributed by atoms with van der Waals surface area (Å²) in [4.78, 5) is 11.3. The van der Waals surface area contributed by atoms with Crippen LogP contribution in [0.5, 0.6) is 0 Å². The van der Waals surface area contributed by atoms with Gasteiger partial charge in [0.1, 0.15) is 0 Å². The lowest BCUT2D eigenvalue weighted by Gasteiger charge is -2.07. The molecule has 2 aromatic rings. The Hall–Kier alpha value is -1.81. The highest BCUT2D eigenvalue weighted by atomic mass is 35.5. The maximum Gasteiger partial charge on any atom is 0.252 e. The van der Waals surface area contributed by atoms with E-state index >= 15 is 0 Å². The maximum absolute atomic E-state index is 11.3. The van der Waals surface area contributed by atoms with Crippen molar-refractivity contribution in [2.75, 3.05) is 0 Å². The second-order valence-corrected chi connectivity index (χ2v) is 4.44. The number of hydrogen-bond donors (Lipinski definition) is 1. The molecule has 0 fully saturated rings. The van der Waals surface area contributed by atoms with E-state index in [1.165, 1.54) is 6.20 Å². The first-order valence-corrected chi connectivity index (χ1v) is 6.14. The highest BCUT2D eigenvalue weighted by Gasteiger charge is 2.15. The smallest absolute Gasteiger partial charge is 0.252 e. The van der Waals surface area contributed by atoms with Crippen molar-refractivity contribution in [1.82, 2.24) is 9.78 Å². The molecule has 1 amide bonds. The van der Waals surface area contributed by atoms with Gasteiger partial charge in [-0.15, -0.1) is 0 Å². The van der Waals surface area contributed by atoms with Gasteiger partial charge in [-0.1, -0.05) is 24.9 Å². The minimum atomic E-state index is -0.446. The predicted molar refractivity (Wildman–Crippen MR) is 71.1 cm³/mol. The number of carbonyl (C=O) groups is 1. The number of benzene rings is 1. The van der Waals surface area contributed by atoms with Crippen molar-refractivity contribution in [2.45, 2.75) is 19.8 Å². The molecule has 0 unspecified atom stereocenters. The fourth-order valence-corrected chi connectivity index (χ4v) is 1.99. The molecule has 18 heavy (non-hydrogen) atoms.